The molecule has 0 unspecified atom stereocenters. The van der Waals surface area contributed by atoms with Gasteiger partial charge >= 0.3 is 5.69 Å². The van der Waals surface area contributed by atoms with Gasteiger partial charge in [0, 0.05) is 18.2 Å². The first-order valence-electron chi connectivity index (χ1n) is 7.40. The topological polar surface area (TPSA) is 90.7 Å². The summed E-state index contributed by atoms with van der Waals surface area (Å²) in [5.41, 5.74) is 0.598. The Morgan fingerprint density at radius 1 is 1.17 bits per heavy atom. The smallest absolute Gasteiger partial charge is 0.310 e. The number of nitro benzene ring substituents is 1. The summed E-state index contributed by atoms with van der Waals surface area (Å²) >= 11 is 0. The van der Waals surface area contributed by atoms with Crippen LogP contribution in [0.5, 0.6) is 11.5 Å². The Kier molecular flexibility index (Phi) is 6.13. The Hall–Kier alpha value is -3.09. The highest BCUT2D eigenvalue weighted by atomic mass is 16.6. The van der Waals surface area contributed by atoms with E-state index >= 15 is 0 Å². The minimum atomic E-state index is -0.494. The van der Waals surface area contributed by atoms with Crippen LogP contribution in [0.2, 0.25) is 0 Å². The van der Waals surface area contributed by atoms with Crippen LogP contribution in [0, 0.1) is 10.1 Å². The van der Waals surface area contributed by atoms with Crippen molar-refractivity contribution in [1.29, 1.82) is 0 Å². The van der Waals surface area contributed by atoms with Crippen LogP contribution >= 0.6 is 0 Å². The lowest BCUT2D eigenvalue weighted by Gasteiger charge is -2.08. The van der Waals surface area contributed by atoms with Gasteiger partial charge in [0.15, 0.2) is 5.75 Å². The first-order valence-corrected chi connectivity index (χ1v) is 7.40. The van der Waals surface area contributed by atoms with E-state index in [9.17, 15) is 14.9 Å². The zero-order valence-electron chi connectivity index (χ0n) is 13.2. The summed E-state index contributed by atoms with van der Waals surface area (Å²) < 4.78 is 10.4. The SMILES string of the molecule is COc1ccc(NC(=O)CCCOc2ccccc2[N+](=O)[O-])cc1. The van der Waals surface area contributed by atoms with Gasteiger partial charge in [-0.3, -0.25) is 14.9 Å². The molecule has 0 aromatic heterocycles. The zero-order valence-corrected chi connectivity index (χ0v) is 13.2. The molecule has 1 amide bonds. The van der Waals surface area contributed by atoms with Crippen LogP contribution in [0.15, 0.2) is 48.5 Å². The van der Waals surface area contributed by atoms with E-state index in [0.29, 0.717) is 17.9 Å². The number of methoxy groups -OCH3 is 1. The fraction of sp³-hybridized carbons (Fsp3) is 0.235. The molecule has 0 saturated carbocycles. The zero-order chi connectivity index (χ0) is 17.4. The monoisotopic (exact) mass is 330 g/mol. The molecule has 0 saturated heterocycles. The number of benzene rings is 2. The van der Waals surface area contributed by atoms with Gasteiger partial charge in [0.2, 0.25) is 5.91 Å². The first-order chi connectivity index (χ1) is 11.6. The predicted octanol–water partition coefficient (Wildman–Crippen LogP) is 3.40. The molecular weight excluding hydrogens is 312 g/mol. The molecular formula is C17H18N2O5. The Morgan fingerprint density at radius 3 is 2.54 bits per heavy atom. The second-order valence-electron chi connectivity index (χ2n) is 4.95. The molecule has 1 N–H and O–H groups in total. The highest BCUT2D eigenvalue weighted by Gasteiger charge is 2.13. The lowest BCUT2D eigenvalue weighted by Crippen LogP contribution is -2.12. The molecule has 2 aromatic rings. The molecule has 0 aliphatic carbocycles. The number of nitro groups is 1. The van der Waals surface area contributed by atoms with Crippen LogP contribution in [0.1, 0.15) is 12.8 Å². The van der Waals surface area contributed by atoms with Gasteiger partial charge in [-0.05, 0) is 36.8 Å². The maximum atomic E-state index is 11.8. The van der Waals surface area contributed by atoms with Gasteiger partial charge in [-0.25, -0.2) is 0 Å². The number of para-hydroxylation sites is 2. The maximum Gasteiger partial charge on any atom is 0.310 e. The van der Waals surface area contributed by atoms with Crippen LogP contribution in [0.3, 0.4) is 0 Å². The molecule has 0 spiro atoms. The van der Waals surface area contributed by atoms with Gasteiger partial charge in [0.1, 0.15) is 5.75 Å². The third-order valence-corrected chi connectivity index (χ3v) is 3.24. The van der Waals surface area contributed by atoms with Crippen LogP contribution in [0.4, 0.5) is 11.4 Å². The van der Waals surface area contributed by atoms with Crippen molar-refractivity contribution in [2.75, 3.05) is 19.0 Å². The fourth-order valence-corrected chi connectivity index (χ4v) is 2.04. The lowest BCUT2D eigenvalue weighted by atomic mass is 10.2. The van der Waals surface area contributed by atoms with Gasteiger partial charge in [-0.1, -0.05) is 12.1 Å². The largest absolute Gasteiger partial charge is 0.497 e. The van der Waals surface area contributed by atoms with Crippen LogP contribution in [-0.2, 0) is 4.79 Å². The highest BCUT2D eigenvalue weighted by Crippen LogP contribution is 2.25. The Labute approximate surface area is 139 Å². The molecule has 0 aliphatic heterocycles. The number of rotatable bonds is 8. The van der Waals surface area contributed by atoms with Crippen molar-refractivity contribution in [2.24, 2.45) is 0 Å². The summed E-state index contributed by atoms with van der Waals surface area (Å²) in [4.78, 5) is 22.2. The van der Waals surface area contributed by atoms with Crippen molar-refractivity contribution in [3.8, 4) is 11.5 Å². The molecule has 0 radical (unpaired) electrons. The number of hydrogen-bond acceptors (Lipinski definition) is 5. The van der Waals surface area contributed by atoms with E-state index in [2.05, 4.69) is 5.32 Å². The number of carbonyl (C=O) groups excluding carboxylic acids is 1. The second kappa shape index (κ2) is 8.52. The molecule has 2 rings (SSSR count). The predicted molar refractivity (Wildman–Crippen MR) is 89.4 cm³/mol. The summed E-state index contributed by atoms with van der Waals surface area (Å²) in [6.45, 7) is 0.223. The van der Waals surface area contributed by atoms with Crippen molar-refractivity contribution < 1.29 is 19.2 Å². The van der Waals surface area contributed by atoms with E-state index in [0.717, 1.165) is 0 Å². The minimum Gasteiger partial charge on any atom is -0.497 e. The summed E-state index contributed by atoms with van der Waals surface area (Å²) in [5.74, 6) is 0.773. The molecule has 24 heavy (non-hydrogen) atoms. The molecule has 0 atom stereocenters. The summed E-state index contributed by atoms with van der Waals surface area (Å²) in [6, 6.07) is 13.2. The quantitative estimate of drug-likeness (QED) is 0.455. The van der Waals surface area contributed by atoms with Crippen molar-refractivity contribution in [3.63, 3.8) is 0 Å². The van der Waals surface area contributed by atoms with Crippen molar-refractivity contribution in [3.05, 3.63) is 58.6 Å². The van der Waals surface area contributed by atoms with Crippen molar-refractivity contribution >= 4 is 17.3 Å². The van der Waals surface area contributed by atoms with Crippen LogP contribution in [0.25, 0.3) is 0 Å². The van der Waals surface area contributed by atoms with E-state index in [4.69, 9.17) is 9.47 Å². The number of carbonyl (C=O) groups is 1. The van der Waals surface area contributed by atoms with Gasteiger partial charge < -0.3 is 14.8 Å². The Bertz CT molecular complexity index is 700. The van der Waals surface area contributed by atoms with Gasteiger partial charge in [-0.15, -0.1) is 0 Å². The molecule has 0 fully saturated rings. The molecule has 7 heteroatoms. The molecule has 126 valence electrons. The van der Waals surface area contributed by atoms with Crippen LogP contribution in [-0.4, -0.2) is 24.5 Å². The summed E-state index contributed by atoms with van der Waals surface area (Å²) in [5, 5.41) is 13.6. The third-order valence-electron chi connectivity index (χ3n) is 3.24. The van der Waals surface area contributed by atoms with E-state index in [1.165, 1.54) is 12.1 Å². The third kappa shape index (κ3) is 4.98. The van der Waals surface area contributed by atoms with Gasteiger partial charge in [0.05, 0.1) is 18.6 Å². The normalized spacial score (nSPS) is 10.0. The number of hydrogen-bond donors (Lipinski definition) is 1. The number of amides is 1. The van der Waals surface area contributed by atoms with Gasteiger partial charge in [-0.2, -0.15) is 0 Å². The summed E-state index contributed by atoms with van der Waals surface area (Å²) in [7, 11) is 1.57. The number of ether oxygens (including phenoxy) is 2. The van der Waals surface area contributed by atoms with Crippen molar-refractivity contribution in [1.82, 2.24) is 0 Å². The summed E-state index contributed by atoms with van der Waals surface area (Å²) in [6.07, 6.45) is 0.709. The van der Waals surface area contributed by atoms with Crippen molar-refractivity contribution in [2.45, 2.75) is 12.8 Å². The standard InChI is InChI=1S/C17H18N2O5/c1-23-14-10-8-13(9-11-14)18-17(20)7-4-12-24-16-6-3-2-5-15(16)19(21)22/h2-3,5-6,8-11H,4,7,12H2,1H3,(H,18,20). The first kappa shape index (κ1) is 17.3. The number of anilines is 1. The number of nitrogens with one attached hydrogen (secondary N) is 1. The molecule has 0 bridgehead atoms. The molecule has 7 nitrogen and oxygen atoms in total. The average Bonchev–Trinajstić information content (AvgIpc) is 2.59. The molecule has 0 heterocycles. The van der Waals surface area contributed by atoms with Gasteiger partial charge in [0.25, 0.3) is 0 Å². The minimum absolute atomic E-state index is 0.0832. The van der Waals surface area contributed by atoms with E-state index < -0.39 is 4.92 Å². The fourth-order valence-electron chi connectivity index (χ4n) is 2.04. The molecule has 0 aliphatic rings. The van der Waals surface area contributed by atoms with E-state index in [-0.39, 0.29) is 30.4 Å². The van der Waals surface area contributed by atoms with E-state index in [1.54, 1.807) is 43.5 Å². The molecule has 2 aromatic carbocycles. The van der Waals surface area contributed by atoms with Crippen LogP contribution < -0.4 is 14.8 Å². The maximum absolute atomic E-state index is 11.8. The Morgan fingerprint density at radius 2 is 1.88 bits per heavy atom. The average molecular weight is 330 g/mol. The van der Waals surface area contributed by atoms with E-state index in [1.807, 2.05) is 0 Å². The number of nitrogens with zero attached hydrogens (tertiary/aromatic N) is 1. The lowest BCUT2D eigenvalue weighted by molar-refractivity contribution is -0.385. The second-order valence-corrected chi connectivity index (χ2v) is 4.95. The highest BCUT2D eigenvalue weighted by molar-refractivity contribution is 5.90. The Balaban J connectivity index is 1.75.